The number of allylic oxidation sites excluding steroid dienone is 1. The SMILES string of the molecule is O=C1C=C(O)c2ccc(I)cc2C1=O. The molecule has 4 heteroatoms. The number of benzene rings is 1. The molecule has 1 aliphatic rings. The van der Waals surface area contributed by atoms with E-state index in [1.165, 1.54) is 0 Å². The Hall–Kier alpha value is -1.17. The molecule has 0 amide bonds. The van der Waals surface area contributed by atoms with Crippen LogP contribution in [-0.2, 0) is 4.79 Å². The molecule has 0 spiro atoms. The Morgan fingerprint density at radius 1 is 1.14 bits per heavy atom. The first-order chi connectivity index (χ1) is 6.59. The van der Waals surface area contributed by atoms with E-state index in [4.69, 9.17) is 0 Å². The number of aliphatic hydroxyl groups excluding tert-OH is 1. The second-order valence-corrected chi connectivity index (χ2v) is 4.16. The van der Waals surface area contributed by atoms with Gasteiger partial charge in [-0.3, -0.25) is 9.59 Å². The zero-order chi connectivity index (χ0) is 10.3. The lowest BCUT2D eigenvalue weighted by atomic mass is 9.94. The van der Waals surface area contributed by atoms with Crippen LogP contribution in [0.2, 0.25) is 0 Å². The van der Waals surface area contributed by atoms with Gasteiger partial charge in [-0.2, -0.15) is 0 Å². The normalized spacial score (nSPS) is 15.1. The summed E-state index contributed by atoms with van der Waals surface area (Å²) < 4.78 is 0.859. The van der Waals surface area contributed by atoms with Crippen molar-refractivity contribution in [3.8, 4) is 0 Å². The maximum atomic E-state index is 11.4. The average Bonchev–Trinajstić information content (AvgIpc) is 2.14. The van der Waals surface area contributed by atoms with E-state index in [1.807, 2.05) is 22.6 Å². The van der Waals surface area contributed by atoms with Crippen LogP contribution in [0.1, 0.15) is 15.9 Å². The maximum Gasteiger partial charge on any atom is 0.233 e. The summed E-state index contributed by atoms with van der Waals surface area (Å²) in [6.45, 7) is 0. The van der Waals surface area contributed by atoms with Gasteiger partial charge in [0.1, 0.15) is 5.76 Å². The van der Waals surface area contributed by atoms with Gasteiger partial charge in [0, 0.05) is 20.8 Å². The molecule has 0 saturated carbocycles. The quantitative estimate of drug-likeness (QED) is 0.588. The van der Waals surface area contributed by atoms with Gasteiger partial charge < -0.3 is 5.11 Å². The molecule has 0 saturated heterocycles. The zero-order valence-corrected chi connectivity index (χ0v) is 9.11. The number of fused-ring (bicyclic) bond motifs is 1. The Bertz CT molecular complexity index is 474. The van der Waals surface area contributed by atoms with Crippen LogP contribution in [0.5, 0.6) is 0 Å². The molecule has 0 fully saturated rings. The van der Waals surface area contributed by atoms with E-state index < -0.39 is 11.6 Å². The molecule has 2 rings (SSSR count). The van der Waals surface area contributed by atoms with E-state index >= 15 is 0 Å². The lowest BCUT2D eigenvalue weighted by Crippen LogP contribution is -2.18. The minimum Gasteiger partial charge on any atom is -0.507 e. The Balaban J connectivity index is 2.72. The van der Waals surface area contributed by atoms with Crippen LogP contribution in [0.4, 0.5) is 0 Å². The fourth-order valence-corrected chi connectivity index (χ4v) is 1.82. The number of aliphatic hydroxyl groups is 1. The van der Waals surface area contributed by atoms with Crippen LogP contribution >= 0.6 is 22.6 Å². The molecular weight excluding hydrogens is 295 g/mol. The molecule has 1 N–H and O–H groups in total. The highest BCUT2D eigenvalue weighted by Crippen LogP contribution is 2.24. The van der Waals surface area contributed by atoms with Crippen molar-refractivity contribution in [2.75, 3.05) is 0 Å². The van der Waals surface area contributed by atoms with Gasteiger partial charge in [0.05, 0.1) is 0 Å². The molecule has 0 radical (unpaired) electrons. The van der Waals surface area contributed by atoms with Gasteiger partial charge in [0.15, 0.2) is 0 Å². The lowest BCUT2D eigenvalue weighted by Gasteiger charge is -2.11. The minimum absolute atomic E-state index is 0.138. The van der Waals surface area contributed by atoms with E-state index in [1.54, 1.807) is 18.2 Å². The number of hydrogen-bond donors (Lipinski definition) is 1. The highest BCUT2D eigenvalue weighted by molar-refractivity contribution is 14.1. The Morgan fingerprint density at radius 3 is 2.57 bits per heavy atom. The van der Waals surface area contributed by atoms with Crippen LogP contribution in [0.3, 0.4) is 0 Å². The number of carbonyl (C=O) groups is 2. The van der Waals surface area contributed by atoms with Crippen LogP contribution in [0.25, 0.3) is 5.76 Å². The second-order valence-electron chi connectivity index (χ2n) is 2.91. The first kappa shape index (κ1) is 9.39. The summed E-state index contributed by atoms with van der Waals surface area (Å²) in [5, 5.41) is 9.43. The van der Waals surface area contributed by atoms with Crippen molar-refractivity contribution in [2.45, 2.75) is 0 Å². The molecule has 0 aromatic heterocycles. The molecule has 1 aromatic carbocycles. The molecule has 3 nitrogen and oxygen atoms in total. The Labute approximate surface area is 93.6 Å². The van der Waals surface area contributed by atoms with Crippen LogP contribution in [0, 0.1) is 3.57 Å². The first-order valence-corrected chi connectivity index (χ1v) is 4.96. The Kier molecular flexibility index (Phi) is 2.14. The third kappa shape index (κ3) is 1.35. The van der Waals surface area contributed by atoms with Crippen molar-refractivity contribution in [2.24, 2.45) is 0 Å². The zero-order valence-electron chi connectivity index (χ0n) is 6.95. The second kappa shape index (κ2) is 3.20. The minimum atomic E-state index is -0.669. The molecule has 0 bridgehead atoms. The smallest absolute Gasteiger partial charge is 0.233 e. The summed E-state index contributed by atoms with van der Waals surface area (Å²) in [6, 6.07) is 5.00. The van der Waals surface area contributed by atoms with Gasteiger partial charge in [0.25, 0.3) is 0 Å². The standard InChI is InChI=1S/C10H5IO3/c11-5-1-2-6-7(3-5)10(14)9(13)4-8(6)12/h1-4,12H. The van der Waals surface area contributed by atoms with E-state index in [0.717, 1.165) is 9.65 Å². The Morgan fingerprint density at radius 2 is 1.86 bits per heavy atom. The van der Waals surface area contributed by atoms with Crippen molar-refractivity contribution in [3.63, 3.8) is 0 Å². The van der Waals surface area contributed by atoms with Gasteiger partial charge in [-0.25, -0.2) is 0 Å². The van der Waals surface area contributed by atoms with E-state index in [0.29, 0.717) is 5.56 Å². The fraction of sp³-hybridized carbons (Fsp3) is 0. The highest BCUT2D eigenvalue weighted by Gasteiger charge is 2.25. The number of halogens is 1. The van der Waals surface area contributed by atoms with Crippen molar-refractivity contribution in [3.05, 3.63) is 39.0 Å². The first-order valence-electron chi connectivity index (χ1n) is 3.89. The van der Waals surface area contributed by atoms with Crippen LogP contribution in [-0.4, -0.2) is 16.7 Å². The number of rotatable bonds is 0. The topological polar surface area (TPSA) is 54.4 Å². The molecule has 1 aliphatic carbocycles. The van der Waals surface area contributed by atoms with Crippen molar-refractivity contribution in [1.82, 2.24) is 0 Å². The molecule has 0 aliphatic heterocycles. The number of Topliss-reactive ketones (excluding diaryl/α,β-unsaturated/α-hetero) is 1. The van der Waals surface area contributed by atoms with Crippen molar-refractivity contribution in [1.29, 1.82) is 0 Å². The monoisotopic (exact) mass is 300 g/mol. The summed E-state index contributed by atoms with van der Waals surface area (Å²) in [5.74, 6) is -1.37. The van der Waals surface area contributed by atoms with Gasteiger partial charge >= 0.3 is 0 Å². The molecule has 70 valence electrons. The summed E-state index contributed by atoms with van der Waals surface area (Å²) in [7, 11) is 0. The number of hydrogen-bond acceptors (Lipinski definition) is 3. The molecule has 14 heavy (non-hydrogen) atoms. The van der Waals surface area contributed by atoms with Gasteiger partial charge in [-0.1, -0.05) is 0 Å². The van der Waals surface area contributed by atoms with Gasteiger partial charge in [0.2, 0.25) is 11.6 Å². The maximum absolute atomic E-state index is 11.4. The average molecular weight is 300 g/mol. The van der Waals surface area contributed by atoms with Gasteiger partial charge in [-0.05, 0) is 40.8 Å². The lowest BCUT2D eigenvalue weighted by molar-refractivity contribution is -0.111. The summed E-state index contributed by atoms with van der Waals surface area (Å²) in [6.07, 6.45) is 0.956. The number of ketones is 2. The van der Waals surface area contributed by atoms with Crippen molar-refractivity contribution >= 4 is 39.9 Å². The molecular formula is C10H5IO3. The fourth-order valence-electron chi connectivity index (χ4n) is 1.33. The third-order valence-corrected chi connectivity index (χ3v) is 2.66. The molecule has 0 unspecified atom stereocenters. The largest absolute Gasteiger partial charge is 0.507 e. The van der Waals surface area contributed by atoms with Gasteiger partial charge in [-0.15, -0.1) is 0 Å². The van der Waals surface area contributed by atoms with E-state index in [9.17, 15) is 14.7 Å². The van der Waals surface area contributed by atoms with Crippen LogP contribution < -0.4 is 0 Å². The summed E-state index contributed by atoms with van der Waals surface area (Å²) >= 11 is 2.05. The molecule has 1 aromatic rings. The van der Waals surface area contributed by atoms with E-state index in [2.05, 4.69) is 0 Å². The third-order valence-electron chi connectivity index (χ3n) is 1.99. The molecule has 0 atom stereocenters. The highest BCUT2D eigenvalue weighted by atomic mass is 127. The van der Waals surface area contributed by atoms with Crippen molar-refractivity contribution < 1.29 is 14.7 Å². The van der Waals surface area contributed by atoms with E-state index in [-0.39, 0.29) is 11.3 Å². The number of carbonyl (C=O) groups excluding carboxylic acids is 2. The molecule has 0 heterocycles. The predicted molar refractivity (Wildman–Crippen MR) is 59.1 cm³/mol. The summed E-state index contributed by atoms with van der Waals surface area (Å²) in [4.78, 5) is 22.5. The van der Waals surface area contributed by atoms with Crippen LogP contribution in [0.15, 0.2) is 24.3 Å². The predicted octanol–water partition coefficient (Wildman–Crippen LogP) is 1.96. The summed E-state index contributed by atoms with van der Waals surface area (Å²) in [5.41, 5.74) is 0.705.